The molecule has 0 radical (unpaired) electrons. The van der Waals surface area contributed by atoms with E-state index in [-0.39, 0.29) is 6.42 Å². The minimum atomic E-state index is -0.777. The molecule has 0 aliphatic heterocycles. The summed E-state index contributed by atoms with van der Waals surface area (Å²) in [5.74, 6) is 0.182. The Labute approximate surface area is 188 Å². The Balaban J connectivity index is 1.97. The number of rotatable bonds is 7. The number of hydrogen-bond acceptors (Lipinski definition) is 4. The first kappa shape index (κ1) is 21.5. The second kappa shape index (κ2) is 9.20. The lowest BCUT2D eigenvalue weighted by Gasteiger charge is -2.36. The number of nitrogens with zero attached hydrogens (tertiary/aromatic N) is 1. The molecule has 32 heavy (non-hydrogen) atoms. The summed E-state index contributed by atoms with van der Waals surface area (Å²) in [5.41, 5.74) is 10.9. The number of hydrogen-bond donors (Lipinski definition) is 2. The van der Waals surface area contributed by atoms with Crippen LogP contribution in [0, 0.1) is 6.92 Å². The Morgan fingerprint density at radius 3 is 2.09 bits per heavy atom. The van der Waals surface area contributed by atoms with Crippen LogP contribution in [0.3, 0.4) is 0 Å². The van der Waals surface area contributed by atoms with Gasteiger partial charge in [0, 0.05) is 12.6 Å². The van der Waals surface area contributed by atoms with Crippen molar-refractivity contribution in [1.29, 1.82) is 0 Å². The molecule has 0 bridgehead atoms. The fraction of sp³-hybridized carbons (Fsp3) is 0.185. The molecule has 0 saturated heterocycles. The van der Waals surface area contributed by atoms with Crippen molar-refractivity contribution in [2.24, 2.45) is 5.73 Å². The first-order valence-electron chi connectivity index (χ1n) is 10.6. The number of imidazole rings is 1. The van der Waals surface area contributed by atoms with Crippen molar-refractivity contribution in [2.75, 3.05) is 7.11 Å². The van der Waals surface area contributed by atoms with Crippen LogP contribution < -0.4 is 5.73 Å². The van der Waals surface area contributed by atoms with Crippen LogP contribution in [0.5, 0.6) is 0 Å². The van der Waals surface area contributed by atoms with Crippen LogP contribution in [-0.4, -0.2) is 29.1 Å². The first-order chi connectivity index (χ1) is 15.6. The van der Waals surface area contributed by atoms with Crippen molar-refractivity contribution in [3.05, 3.63) is 125 Å². The zero-order valence-electron chi connectivity index (χ0n) is 18.3. The third kappa shape index (κ3) is 3.83. The third-order valence-corrected chi connectivity index (χ3v) is 5.91. The molecule has 3 aromatic carbocycles. The minimum Gasteiger partial charge on any atom is -0.468 e. The first-order valence-corrected chi connectivity index (χ1v) is 10.6. The van der Waals surface area contributed by atoms with Crippen LogP contribution in [0.15, 0.2) is 91.1 Å². The highest BCUT2D eigenvalue weighted by Gasteiger charge is 2.41. The summed E-state index contributed by atoms with van der Waals surface area (Å²) in [6.07, 6.45) is 2.12. The number of nitrogens with two attached hydrogens (primary N) is 1. The summed E-state index contributed by atoms with van der Waals surface area (Å²) < 4.78 is 4.78. The van der Waals surface area contributed by atoms with Crippen molar-refractivity contribution in [1.82, 2.24) is 9.97 Å². The van der Waals surface area contributed by atoms with E-state index in [4.69, 9.17) is 10.5 Å². The van der Waals surface area contributed by atoms with Gasteiger partial charge in [0.15, 0.2) is 0 Å². The van der Waals surface area contributed by atoms with Crippen molar-refractivity contribution < 1.29 is 9.53 Å². The predicted octanol–water partition coefficient (Wildman–Crippen LogP) is 4.14. The van der Waals surface area contributed by atoms with Gasteiger partial charge in [-0.15, -0.1) is 0 Å². The molecule has 4 rings (SSSR count). The zero-order valence-corrected chi connectivity index (χ0v) is 18.3. The molecule has 0 spiro atoms. The van der Waals surface area contributed by atoms with Gasteiger partial charge in [-0.3, -0.25) is 4.79 Å². The van der Waals surface area contributed by atoms with Crippen LogP contribution >= 0.6 is 0 Å². The van der Waals surface area contributed by atoms with E-state index >= 15 is 0 Å². The summed E-state index contributed by atoms with van der Waals surface area (Å²) in [4.78, 5) is 19.9. The third-order valence-electron chi connectivity index (χ3n) is 5.91. The van der Waals surface area contributed by atoms with Crippen LogP contribution in [0.2, 0.25) is 0 Å². The van der Waals surface area contributed by atoms with E-state index in [0.29, 0.717) is 5.82 Å². The van der Waals surface area contributed by atoms with Crippen molar-refractivity contribution in [2.45, 2.75) is 24.8 Å². The summed E-state index contributed by atoms with van der Waals surface area (Å²) in [5, 5.41) is 0. The topological polar surface area (TPSA) is 81.0 Å². The molecule has 0 amide bonds. The van der Waals surface area contributed by atoms with E-state index in [1.165, 1.54) is 12.7 Å². The highest BCUT2D eigenvalue weighted by atomic mass is 16.5. The average molecular weight is 426 g/mol. The molecule has 5 heteroatoms. The average Bonchev–Trinajstić information content (AvgIpc) is 3.30. The molecule has 1 heterocycles. The van der Waals surface area contributed by atoms with Gasteiger partial charge in [-0.25, -0.2) is 4.98 Å². The van der Waals surface area contributed by atoms with Gasteiger partial charge in [0.2, 0.25) is 0 Å². The Morgan fingerprint density at radius 1 is 0.969 bits per heavy atom. The highest BCUT2D eigenvalue weighted by molar-refractivity contribution is 5.75. The summed E-state index contributed by atoms with van der Waals surface area (Å²) in [6, 6.07) is 28.4. The zero-order chi connectivity index (χ0) is 22.6. The number of carbonyl (C=O) groups excluding carboxylic acids is 1. The van der Waals surface area contributed by atoms with E-state index in [1.807, 2.05) is 24.4 Å². The van der Waals surface area contributed by atoms with E-state index in [2.05, 4.69) is 83.6 Å². The Morgan fingerprint density at radius 2 is 1.53 bits per heavy atom. The largest absolute Gasteiger partial charge is 0.468 e. The minimum absolute atomic E-state index is 0.264. The van der Waals surface area contributed by atoms with E-state index in [0.717, 1.165) is 22.4 Å². The second-order valence-electron chi connectivity index (χ2n) is 7.87. The molecule has 0 fully saturated rings. The lowest BCUT2D eigenvalue weighted by Crippen LogP contribution is -2.34. The van der Waals surface area contributed by atoms with Crippen molar-refractivity contribution in [3.8, 4) is 0 Å². The summed E-state index contributed by atoms with van der Waals surface area (Å²) in [7, 11) is 1.34. The number of ether oxygens (including phenoxy) is 1. The lowest BCUT2D eigenvalue weighted by atomic mass is 9.66. The molecule has 1 unspecified atom stereocenters. The summed E-state index contributed by atoms with van der Waals surface area (Å²) in [6.45, 7) is 2.13. The fourth-order valence-corrected chi connectivity index (χ4v) is 4.40. The van der Waals surface area contributed by atoms with Crippen LogP contribution in [-0.2, 0) is 21.4 Å². The van der Waals surface area contributed by atoms with Gasteiger partial charge < -0.3 is 15.5 Å². The SMILES string of the molecule is COC(=O)C(N)Cc1ncc(C(c2ccccc2)(c2ccccc2)c2ccccc2C)[nH]1. The number of aryl methyl sites for hydroxylation is 1. The molecule has 4 aromatic rings. The van der Waals surface area contributed by atoms with Gasteiger partial charge in [-0.05, 0) is 29.2 Å². The number of aromatic amines is 1. The van der Waals surface area contributed by atoms with Crippen LogP contribution in [0.4, 0.5) is 0 Å². The standard InChI is InChI=1S/C27H27N3O2/c1-19-11-9-10-16-22(19)27(20-12-5-3-6-13-20,21-14-7-4-8-15-21)24-18-29-25(30-24)17-23(28)26(31)32-2/h3-16,18,23H,17,28H2,1-2H3,(H,29,30). The molecule has 1 atom stereocenters. The van der Waals surface area contributed by atoms with Gasteiger partial charge in [-0.1, -0.05) is 84.9 Å². The number of carbonyl (C=O) groups is 1. The second-order valence-corrected chi connectivity index (χ2v) is 7.87. The summed E-state index contributed by atoms with van der Waals surface area (Å²) >= 11 is 0. The highest BCUT2D eigenvalue weighted by Crippen LogP contribution is 2.45. The number of methoxy groups -OCH3 is 1. The quantitative estimate of drug-likeness (QED) is 0.344. The lowest BCUT2D eigenvalue weighted by molar-refractivity contribution is -0.142. The Bertz CT molecular complexity index is 1150. The van der Waals surface area contributed by atoms with Gasteiger partial charge >= 0.3 is 5.97 Å². The maximum atomic E-state index is 11.8. The normalized spacial score (nSPS) is 12.3. The Hall–Kier alpha value is -3.70. The molecule has 162 valence electrons. The van der Waals surface area contributed by atoms with Gasteiger partial charge in [0.1, 0.15) is 11.9 Å². The van der Waals surface area contributed by atoms with E-state index in [9.17, 15) is 4.79 Å². The van der Waals surface area contributed by atoms with Crippen LogP contribution in [0.1, 0.15) is 33.8 Å². The molecule has 0 aliphatic carbocycles. The molecule has 5 nitrogen and oxygen atoms in total. The molecule has 1 aromatic heterocycles. The monoisotopic (exact) mass is 425 g/mol. The number of benzene rings is 3. The molecule has 0 aliphatic rings. The fourth-order valence-electron chi connectivity index (χ4n) is 4.40. The molecular weight excluding hydrogens is 398 g/mol. The van der Waals surface area contributed by atoms with Crippen molar-refractivity contribution in [3.63, 3.8) is 0 Å². The number of nitrogens with one attached hydrogen (secondary N) is 1. The smallest absolute Gasteiger partial charge is 0.323 e. The maximum Gasteiger partial charge on any atom is 0.323 e. The van der Waals surface area contributed by atoms with E-state index in [1.54, 1.807) is 0 Å². The van der Waals surface area contributed by atoms with E-state index < -0.39 is 17.4 Å². The Kier molecular flexibility index (Phi) is 6.19. The number of aromatic nitrogens is 2. The van der Waals surface area contributed by atoms with Crippen LogP contribution in [0.25, 0.3) is 0 Å². The maximum absolute atomic E-state index is 11.8. The number of H-pyrrole nitrogens is 1. The van der Waals surface area contributed by atoms with Crippen molar-refractivity contribution >= 4 is 5.97 Å². The van der Waals surface area contributed by atoms with Gasteiger partial charge in [0.05, 0.1) is 18.2 Å². The van der Waals surface area contributed by atoms with Gasteiger partial charge in [0.25, 0.3) is 0 Å². The predicted molar refractivity (Wildman–Crippen MR) is 125 cm³/mol. The number of esters is 1. The molecular formula is C27H27N3O2. The molecule has 0 saturated carbocycles. The van der Waals surface area contributed by atoms with Gasteiger partial charge in [-0.2, -0.15) is 0 Å². The molecule has 3 N–H and O–H groups in total.